The number of ether oxygens (including phenoxy) is 6. The van der Waals surface area contributed by atoms with Gasteiger partial charge in [0.05, 0.1) is 64.1 Å². The largest absolute Gasteiger partial charge is 0.474 e. The quantitative estimate of drug-likeness (QED) is 0.0287. The molecule has 2 aromatic heterocycles. The summed E-state index contributed by atoms with van der Waals surface area (Å²) in [5, 5.41) is 0. The summed E-state index contributed by atoms with van der Waals surface area (Å²) < 4.78 is 96.3. The summed E-state index contributed by atoms with van der Waals surface area (Å²) in [6.45, 7) is 12.0. The lowest BCUT2D eigenvalue weighted by Crippen LogP contribution is -2.41. The van der Waals surface area contributed by atoms with Crippen LogP contribution < -0.4 is 22.5 Å². The zero-order valence-electron chi connectivity index (χ0n) is 45.8. The topological polar surface area (TPSA) is 357 Å². The van der Waals surface area contributed by atoms with Gasteiger partial charge in [0.1, 0.15) is 35.2 Å². The predicted octanol–water partition coefficient (Wildman–Crippen LogP) is 5.81. The van der Waals surface area contributed by atoms with Gasteiger partial charge in [-0.15, -0.1) is 0 Å². The van der Waals surface area contributed by atoms with Crippen molar-refractivity contribution in [1.82, 2.24) is 19.1 Å². The summed E-state index contributed by atoms with van der Waals surface area (Å²) in [5.74, 6) is -0.358. The Morgan fingerprint density at radius 3 is 1.44 bits per heavy atom. The fourth-order valence-electron chi connectivity index (χ4n) is 7.36. The van der Waals surface area contributed by atoms with Gasteiger partial charge >= 0.3 is 51.3 Å². The third kappa shape index (κ3) is 23.4. The van der Waals surface area contributed by atoms with Crippen LogP contribution >= 0.6 is 58.8 Å². The third-order valence-electron chi connectivity index (χ3n) is 11.8. The van der Waals surface area contributed by atoms with Crippen LogP contribution in [-0.2, 0) is 93.5 Å². The number of hydrogen-bond acceptors (Lipinski definition) is 28. The highest BCUT2D eigenvalue weighted by Gasteiger charge is 2.48. The Morgan fingerprint density at radius 1 is 0.684 bits per heavy atom. The Kier molecular flexibility index (Phi) is 35.7. The van der Waals surface area contributed by atoms with E-state index < -0.39 is 97.8 Å². The van der Waals surface area contributed by atoms with Crippen LogP contribution in [0.3, 0.4) is 0 Å². The SMILES string of the molecule is CCOC(=O)C(CC)(COCSSC)COP(=O)(OC)OC1C[C@H](n2cc(C)c(=O)[nH]c2=O)O[C@@H]1CC.CCOC(=O)C(CC)(COCSSC)COP(=O)(OC)OC1C[C@H](n2ccc(=O)[nH]c2=O)O[C@@H]1CC.O=C=O.O=C=O. The number of carbonyl (C=O) groups is 2. The minimum Gasteiger partial charge on any atom is -0.465 e. The Balaban J connectivity index is 0.000000718. The van der Waals surface area contributed by atoms with Gasteiger partial charge in [0.15, 0.2) is 0 Å². The number of phosphoric acid groups is 2. The van der Waals surface area contributed by atoms with Gasteiger partial charge in [0, 0.05) is 51.1 Å². The predicted molar refractivity (Wildman–Crippen MR) is 288 cm³/mol. The first-order chi connectivity index (χ1) is 37.6. The van der Waals surface area contributed by atoms with E-state index >= 15 is 0 Å². The molecule has 0 radical (unpaired) electrons. The molecule has 10 atom stereocenters. The zero-order chi connectivity index (χ0) is 59.8. The molecule has 2 saturated heterocycles. The Morgan fingerprint density at radius 2 is 1.09 bits per heavy atom. The van der Waals surface area contributed by atoms with Crippen LogP contribution in [0.4, 0.5) is 0 Å². The molecule has 2 aliphatic rings. The van der Waals surface area contributed by atoms with Crippen LogP contribution in [0, 0.1) is 17.8 Å². The molecule has 2 aliphatic heterocycles. The van der Waals surface area contributed by atoms with Gasteiger partial charge in [-0.25, -0.2) is 18.7 Å². The molecule has 2 N–H and O–H groups in total. The molecule has 4 rings (SSSR count). The van der Waals surface area contributed by atoms with Crippen molar-refractivity contribution in [3.63, 3.8) is 0 Å². The highest BCUT2D eigenvalue weighted by molar-refractivity contribution is 8.76. The van der Waals surface area contributed by atoms with Gasteiger partial charge in [-0.1, -0.05) is 70.9 Å². The van der Waals surface area contributed by atoms with Gasteiger partial charge < -0.3 is 28.4 Å². The van der Waals surface area contributed by atoms with Crippen LogP contribution in [0.2, 0.25) is 0 Å². The van der Waals surface area contributed by atoms with Gasteiger partial charge in [-0.3, -0.25) is 65.4 Å². The molecule has 6 unspecified atom stereocenters. The average molecular weight is 1240 g/mol. The second kappa shape index (κ2) is 38.3. The number of carbonyl (C=O) groups excluding carboxylic acids is 6. The van der Waals surface area contributed by atoms with Crippen molar-refractivity contribution >= 4 is 83.1 Å². The second-order valence-corrected chi connectivity index (χ2v) is 25.0. The minimum absolute atomic E-state index is 0.000282. The van der Waals surface area contributed by atoms with Gasteiger partial charge in [0.2, 0.25) is 0 Å². The van der Waals surface area contributed by atoms with E-state index in [0.29, 0.717) is 43.1 Å². The van der Waals surface area contributed by atoms with Crippen molar-refractivity contribution in [2.75, 3.05) is 78.3 Å². The number of hydrogen-bond donors (Lipinski definition) is 2. The molecule has 0 amide bonds. The van der Waals surface area contributed by atoms with E-state index in [1.807, 2.05) is 26.4 Å². The van der Waals surface area contributed by atoms with E-state index in [1.54, 1.807) is 34.6 Å². The highest BCUT2D eigenvalue weighted by atomic mass is 33.1. The van der Waals surface area contributed by atoms with Crippen molar-refractivity contribution in [3.8, 4) is 0 Å². The second-order valence-electron chi connectivity index (χ2n) is 16.5. The summed E-state index contributed by atoms with van der Waals surface area (Å²) >= 11 is 0. The van der Waals surface area contributed by atoms with Crippen molar-refractivity contribution in [2.45, 2.75) is 124 Å². The minimum atomic E-state index is -4.16. The first-order valence-corrected chi connectivity index (χ1v) is 32.7. The van der Waals surface area contributed by atoms with Gasteiger partial charge in [0.25, 0.3) is 11.1 Å². The summed E-state index contributed by atoms with van der Waals surface area (Å²) in [4.78, 5) is 110. The molecule has 0 aromatic carbocycles. The lowest BCUT2D eigenvalue weighted by atomic mass is 9.87. The van der Waals surface area contributed by atoms with Crippen molar-refractivity contribution in [3.05, 3.63) is 65.7 Å². The number of nitrogens with zero attached hydrogens (tertiary/aromatic N) is 2. The number of nitrogens with one attached hydrogen (secondary N) is 2. The third-order valence-corrected chi connectivity index (χ3v) is 17.6. The van der Waals surface area contributed by atoms with Crippen LogP contribution in [0.15, 0.2) is 37.6 Å². The number of esters is 2. The Labute approximate surface area is 472 Å². The van der Waals surface area contributed by atoms with E-state index in [4.69, 9.17) is 74.7 Å². The maximum atomic E-state index is 13.5. The van der Waals surface area contributed by atoms with Crippen LogP contribution in [0.1, 0.15) is 98.1 Å². The summed E-state index contributed by atoms with van der Waals surface area (Å²) in [6, 6.07) is 1.21. The fourth-order valence-corrected chi connectivity index (χ4v) is 11.3. The van der Waals surface area contributed by atoms with Crippen LogP contribution in [0.5, 0.6) is 0 Å². The molecule has 450 valence electrons. The molecule has 34 heteroatoms. The van der Waals surface area contributed by atoms with Crippen LogP contribution in [0.25, 0.3) is 0 Å². The maximum absolute atomic E-state index is 13.5. The molecule has 79 heavy (non-hydrogen) atoms. The van der Waals surface area contributed by atoms with Crippen molar-refractivity contribution < 1.29 is 93.5 Å². The summed E-state index contributed by atoms with van der Waals surface area (Å²) in [7, 11) is 0.0794. The molecule has 4 heterocycles. The molecule has 0 spiro atoms. The number of aromatic nitrogens is 4. The van der Waals surface area contributed by atoms with E-state index in [1.165, 1.54) is 85.0 Å². The molecule has 0 saturated carbocycles. The lowest BCUT2D eigenvalue weighted by Gasteiger charge is -2.31. The molecular formula is C45H72N4O24P2S4. The van der Waals surface area contributed by atoms with Gasteiger partial charge in [-0.2, -0.15) is 19.2 Å². The number of H-pyrrole nitrogens is 2. The number of phosphoric ester groups is 2. The normalized spacial score (nSPS) is 21.5. The van der Waals surface area contributed by atoms with E-state index in [2.05, 4.69) is 9.97 Å². The number of aryl methyl sites for hydroxylation is 1. The first kappa shape index (κ1) is 73.5. The number of rotatable bonds is 32. The smallest absolute Gasteiger partial charge is 0.465 e. The summed E-state index contributed by atoms with van der Waals surface area (Å²) in [5.41, 5.74) is -4.34. The number of aromatic amines is 2. The van der Waals surface area contributed by atoms with Crippen molar-refractivity contribution in [1.29, 1.82) is 0 Å². The lowest BCUT2D eigenvalue weighted by molar-refractivity contribution is -0.193. The zero-order valence-corrected chi connectivity index (χ0v) is 50.9. The maximum Gasteiger partial charge on any atom is 0.474 e. The van der Waals surface area contributed by atoms with Gasteiger partial charge in [-0.05, 0) is 59.0 Å². The molecule has 2 aromatic rings. The highest BCUT2D eigenvalue weighted by Crippen LogP contribution is 2.55. The first-order valence-electron chi connectivity index (χ1n) is 24.3. The van der Waals surface area contributed by atoms with Crippen LogP contribution in [-0.4, -0.2) is 146 Å². The monoisotopic (exact) mass is 1240 g/mol. The van der Waals surface area contributed by atoms with Crippen molar-refractivity contribution in [2.24, 2.45) is 10.8 Å². The van der Waals surface area contributed by atoms with E-state index in [9.17, 15) is 37.9 Å². The Hall–Kier alpha value is -3.48. The molecule has 28 nitrogen and oxygen atoms in total. The molecule has 2 fully saturated rings. The standard InChI is InChI=1S/C22H37N2O10PS2.C21H35N2O10PS2.2CO2/c1-7-16-17(10-18(33-16)24-11-15(4)19(25)23-21(24)27)34-35(28,29-5)32-13-22(8-2,20(26)31-9-3)12-30-14-37-36-6;1-6-15-16(11-18(32-15)23-10-9-17(24)22-20(23)26)33-34(27,28-4)31-13-21(7-2,19(25)30-8-3)12-29-14-36-35-5;2*2-1-3/h11,16-18H,7-10,12-14H2,1-6H3,(H,23,25,27);9-10,15-16,18H,6-8,11-14H2,1-5H3,(H,22,24,26);;/t16-,17?,18-,22?,35?;15-,16?,18-,21?,34?;;/m11../s1. The summed E-state index contributed by atoms with van der Waals surface area (Å²) in [6.07, 6.45) is 4.97. The molecule has 0 bridgehead atoms. The molecule has 0 aliphatic carbocycles. The van der Waals surface area contributed by atoms with E-state index in [-0.39, 0.29) is 64.8 Å². The Bertz CT molecular complexity index is 2570. The fraction of sp³-hybridized carbons (Fsp3) is 0.733. The molecular weight excluding hydrogens is 1170 g/mol. The average Bonchev–Trinajstić information content (AvgIpc) is 4.04. The van der Waals surface area contributed by atoms with E-state index in [0.717, 1.165) is 0 Å².